The van der Waals surface area contributed by atoms with Crippen LogP contribution in [0, 0.1) is 17.2 Å². The summed E-state index contributed by atoms with van der Waals surface area (Å²) < 4.78 is 47.0. The van der Waals surface area contributed by atoms with Crippen molar-refractivity contribution in [3.8, 4) is 29.0 Å². The number of hydrogen-bond donors (Lipinski definition) is 2. The third-order valence-electron chi connectivity index (χ3n) is 9.48. The summed E-state index contributed by atoms with van der Waals surface area (Å²) in [4.78, 5) is 29.5. The number of aliphatic hydroxyl groups excluding tert-OH is 1. The maximum atomic E-state index is 15.1. The Kier molecular flexibility index (Phi) is 10.2. The molecule has 5 heterocycles. The summed E-state index contributed by atoms with van der Waals surface area (Å²) in [5.74, 6) is -2.82. The number of pyridine rings is 1. The van der Waals surface area contributed by atoms with Crippen LogP contribution in [0.4, 0.5) is 20.5 Å². The largest absolute Gasteiger partial charge is 0.483 e. The minimum absolute atomic E-state index is 0.00109. The standard InChI is InChI=1S/C35H41F2N7O5/c1-21(2)31(45)33(46)44-15-11-29(35(36,37)20-44)49-28-6-4-23(16-24(28)17-38)27-8-12-39-34(40-27)42-30-7-5-26(32(41-30)47-3)22-9-13-43(14-10-22)25-18-48-19-25/h4-8,12,16,21-22,25,29,31,45H,9-11,13-15,18-20H2,1-3H3,(H,39,40,41,42). The molecule has 0 saturated carbocycles. The van der Waals surface area contributed by atoms with Gasteiger partial charge in [0.2, 0.25) is 11.8 Å². The Morgan fingerprint density at radius 2 is 1.90 bits per heavy atom. The molecule has 3 aliphatic heterocycles. The molecule has 12 nitrogen and oxygen atoms in total. The number of methoxy groups -OCH3 is 1. The topological polar surface area (TPSA) is 146 Å². The molecule has 3 saturated heterocycles. The number of ether oxygens (including phenoxy) is 3. The number of rotatable bonds is 10. The average molecular weight is 678 g/mol. The SMILES string of the molecule is COc1nc(Nc2nccc(-c3ccc(OC4CCN(C(=O)C(O)C(C)C)CC4(F)F)c(C#N)c3)n2)ccc1C1CCN(C2COC2)CC1. The molecule has 3 fully saturated rings. The van der Waals surface area contributed by atoms with E-state index in [1.807, 2.05) is 18.2 Å². The van der Waals surface area contributed by atoms with E-state index in [2.05, 4.69) is 25.2 Å². The zero-order chi connectivity index (χ0) is 34.7. The van der Waals surface area contributed by atoms with Crippen molar-refractivity contribution in [1.82, 2.24) is 24.8 Å². The predicted molar refractivity (Wildman–Crippen MR) is 176 cm³/mol. The van der Waals surface area contributed by atoms with Crippen LogP contribution in [-0.2, 0) is 9.53 Å². The molecule has 2 N–H and O–H groups in total. The molecular weight excluding hydrogens is 636 g/mol. The van der Waals surface area contributed by atoms with Gasteiger partial charge in [0.15, 0.2) is 6.10 Å². The minimum atomic E-state index is -3.39. The van der Waals surface area contributed by atoms with E-state index >= 15 is 8.78 Å². The highest BCUT2D eigenvalue weighted by molar-refractivity contribution is 5.81. The molecule has 3 aromatic rings. The van der Waals surface area contributed by atoms with E-state index in [-0.39, 0.29) is 30.2 Å². The highest BCUT2D eigenvalue weighted by Gasteiger charge is 2.48. The van der Waals surface area contributed by atoms with Crippen LogP contribution in [0.1, 0.15) is 50.2 Å². The van der Waals surface area contributed by atoms with Gasteiger partial charge < -0.3 is 29.5 Å². The molecule has 1 aromatic carbocycles. The van der Waals surface area contributed by atoms with E-state index < -0.39 is 36.5 Å². The molecule has 0 radical (unpaired) electrons. The Morgan fingerprint density at radius 1 is 1.12 bits per heavy atom. The lowest BCUT2D eigenvalue weighted by Crippen LogP contribution is -2.57. The monoisotopic (exact) mass is 677 g/mol. The van der Waals surface area contributed by atoms with Crippen LogP contribution in [0.2, 0.25) is 0 Å². The summed E-state index contributed by atoms with van der Waals surface area (Å²) in [7, 11) is 1.61. The number of aliphatic hydroxyl groups is 1. The molecule has 2 unspecified atom stereocenters. The van der Waals surface area contributed by atoms with E-state index in [1.165, 1.54) is 12.1 Å². The molecule has 0 spiro atoms. The van der Waals surface area contributed by atoms with Crippen molar-refractivity contribution in [2.45, 2.75) is 63.2 Å². The smallest absolute Gasteiger partial charge is 0.301 e. The van der Waals surface area contributed by atoms with E-state index in [0.29, 0.717) is 34.9 Å². The van der Waals surface area contributed by atoms with Gasteiger partial charge in [-0.2, -0.15) is 10.2 Å². The van der Waals surface area contributed by atoms with Crippen molar-refractivity contribution in [3.05, 3.63) is 53.7 Å². The van der Waals surface area contributed by atoms with Crippen LogP contribution >= 0.6 is 0 Å². The lowest BCUT2D eigenvalue weighted by atomic mass is 9.89. The Bertz CT molecular complexity index is 1690. The Labute approximate surface area is 284 Å². The van der Waals surface area contributed by atoms with E-state index in [4.69, 9.17) is 14.2 Å². The van der Waals surface area contributed by atoms with Gasteiger partial charge in [0.1, 0.15) is 23.7 Å². The predicted octanol–water partition coefficient (Wildman–Crippen LogP) is 4.37. The molecule has 3 aliphatic rings. The zero-order valence-corrected chi connectivity index (χ0v) is 27.8. The lowest BCUT2D eigenvalue weighted by molar-refractivity contribution is -0.167. The number of nitrogens with one attached hydrogen (secondary N) is 1. The molecule has 1 amide bonds. The number of carbonyl (C=O) groups excluding carboxylic acids is 1. The fourth-order valence-electron chi connectivity index (χ4n) is 6.46. The first kappa shape index (κ1) is 34.4. The third-order valence-corrected chi connectivity index (χ3v) is 9.48. The van der Waals surface area contributed by atoms with Gasteiger partial charge in [-0.3, -0.25) is 9.69 Å². The summed E-state index contributed by atoms with van der Waals surface area (Å²) in [6.07, 6.45) is 0.549. The van der Waals surface area contributed by atoms with Gasteiger partial charge in [0.05, 0.1) is 44.2 Å². The molecule has 0 aliphatic carbocycles. The van der Waals surface area contributed by atoms with Crippen molar-refractivity contribution in [2.75, 3.05) is 51.8 Å². The van der Waals surface area contributed by atoms with Crippen LogP contribution in [0.25, 0.3) is 11.3 Å². The number of hydrogen-bond acceptors (Lipinski definition) is 11. The Hall–Kier alpha value is -4.45. The summed E-state index contributed by atoms with van der Waals surface area (Å²) >= 11 is 0. The highest BCUT2D eigenvalue weighted by Crippen LogP contribution is 2.36. The minimum Gasteiger partial charge on any atom is -0.483 e. The van der Waals surface area contributed by atoms with E-state index in [1.54, 1.807) is 39.3 Å². The second-order valence-corrected chi connectivity index (χ2v) is 13.1. The number of anilines is 2. The summed E-state index contributed by atoms with van der Waals surface area (Å²) in [5, 5.41) is 23.1. The molecular formula is C35H41F2N7O5. The number of nitriles is 1. The van der Waals surface area contributed by atoms with Gasteiger partial charge in [-0.05, 0) is 74.2 Å². The van der Waals surface area contributed by atoms with Gasteiger partial charge in [-0.25, -0.2) is 18.7 Å². The fourth-order valence-corrected chi connectivity index (χ4v) is 6.46. The summed E-state index contributed by atoms with van der Waals surface area (Å²) in [5.41, 5.74) is 2.18. The van der Waals surface area contributed by atoms with Crippen LogP contribution in [0.15, 0.2) is 42.6 Å². The zero-order valence-electron chi connectivity index (χ0n) is 27.8. The number of amides is 1. The average Bonchev–Trinajstić information content (AvgIpc) is 3.08. The van der Waals surface area contributed by atoms with Crippen LogP contribution in [0.5, 0.6) is 11.6 Å². The first-order chi connectivity index (χ1) is 23.6. The van der Waals surface area contributed by atoms with E-state index in [9.17, 15) is 15.2 Å². The van der Waals surface area contributed by atoms with E-state index in [0.717, 1.165) is 49.6 Å². The molecule has 2 atom stereocenters. The molecule has 2 aromatic heterocycles. The third kappa shape index (κ3) is 7.59. The maximum Gasteiger partial charge on any atom is 0.301 e. The number of piperidine rings is 2. The van der Waals surface area contributed by atoms with Crippen LogP contribution < -0.4 is 14.8 Å². The molecule has 49 heavy (non-hydrogen) atoms. The van der Waals surface area contributed by atoms with Gasteiger partial charge in [0.25, 0.3) is 5.91 Å². The van der Waals surface area contributed by atoms with Gasteiger partial charge in [-0.15, -0.1) is 0 Å². The molecule has 0 bridgehead atoms. The quantitative estimate of drug-likeness (QED) is 0.316. The molecule has 14 heteroatoms. The van der Waals surface area contributed by atoms with Crippen molar-refractivity contribution in [1.29, 1.82) is 5.26 Å². The Morgan fingerprint density at radius 3 is 2.55 bits per heavy atom. The van der Waals surface area contributed by atoms with Crippen molar-refractivity contribution in [3.63, 3.8) is 0 Å². The number of alkyl halides is 2. The first-order valence-corrected chi connectivity index (χ1v) is 16.6. The number of likely N-dealkylation sites (tertiary alicyclic amines) is 2. The second-order valence-electron chi connectivity index (χ2n) is 13.1. The number of carbonyl (C=O) groups is 1. The van der Waals surface area contributed by atoms with Crippen molar-refractivity contribution < 1.29 is 32.9 Å². The van der Waals surface area contributed by atoms with Crippen molar-refractivity contribution in [2.24, 2.45) is 5.92 Å². The molecule has 6 rings (SSSR count). The lowest BCUT2D eigenvalue weighted by Gasteiger charge is -2.41. The number of benzene rings is 1. The van der Waals surface area contributed by atoms with Crippen molar-refractivity contribution >= 4 is 17.7 Å². The van der Waals surface area contributed by atoms with Crippen LogP contribution in [-0.4, -0.2) is 106 Å². The van der Waals surface area contributed by atoms with Gasteiger partial charge in [-0.1, -0.05) is 13.8 Å². The first-order valence-electron chi connectivity index (χ1n) is 16.6. The van der Waals surface area contributed by atoms with Gasteiger partial charge in [0, 0.05) is 30.3 Å². The maximum absolute atomic E-state index is 15.1. The fraction of sp³-hybridized carbons (Fsp3) is 0.514. The summed E-state index contributed by atoms with van der Waals surface area (Å²) in [6, 6.07) is 12.8. The number of nitrogens with zero attached hydrogens (tertiary/aromatic N) is 6. The number of halogens is 2. The Balaban J connectivity index is 1.11. The highest BCUT2D eigenvalue weighted by atomic mass is 19.3. The number of aromatic nitrogens is 3. The normalized spacial score (nSPS) is 20.7. The van der Waals surface area contributed by atoms with Crippen LogP contribution in [0.3, 0.4) is 0 Å². The molecule has 260 valence electrons. The van der Waals surface area contributed by atoms with Gasteiger partial charge >= 0.3 is 5.92 Å². The second kappa shape index (κ2) is 14.6. The summed E-state index contributed by atoms with van der Waals surface area (Å²) in [6.45, 7) is 6.07.